The standard InChI is InChI=1S/C16H25FN2/c1-3-13-7-9-19(10-8-13)16-6-5-15(17)11-14(16)12-18-4-2/h5-6,11,13,18H,3-4,7-10,12H2,1-2H3. The van der Waals surface area contributed by atoms with Crippen LogP contribution in [0.4, 0.5) is 10.1 Å². The van der Waals surface area contributed by atoms with Crippen molar-refractivity contribution in [3.8, 4) is 0 Å². The molecule has 1 aromatic rings. The Morgan fingerprint density at radius 1 is 1.26 bits per heavy atom. The van der Waals surface area contributed by atoms with Crippen LogP contribution in [0.2, 0.25) is 0 Å². The lowest BCUT2D eigenvalue weighted by molar-refractivity contribution is 0.394. The number of piperidine rings is 1. The Morgan fingerprint density at radius 2 is 2.00 bits per heavy atom. The maximum atomic E-state index is 13.4. The van der Waals surface area contributed by atoms with Gasteiger partial charge in [-0.3, -0.25) is 0 Å². The van der Waals surface area contributed by atoms with Gasteiger partial charge in [-0.25, -0.2) is 4.39 Å². The van der Waals surface area contributed by atoms with Gasteiger partial charge in [0.25, 0.3) is 0 Å². The largest absolute Gasteiger partial charge is 0.371 e. The van der Waals surface area contributed by atoms with Gasteiger partial charge < -0.3 is 10.2 Å². The van der Waals surface area contributed by atoms with Gasteiger partial charge in [-0.05, 0) is 49.1 Å². The zero-order valence-electron chi connectivity index (χ0n) is 12.1. The molecule has 1 saturated heterocycles. The number of hydrogen-bond donors (Lipinski definition) is 1. The highest BCUT2D eigenvalue weighted by Crippen LogP contribution is 2.28. The van der Waals surface area contributed by atoms with Crippen LogP contribution < -0.4 is 10.2 Å². The van der Waals surface area contributed by atoms with Crippen LogP contribution in [0.3, 0.4) is 0 Å². The number of nitrogens with one attached hydrogen (secondary N) is 1. The number of benzene rings is 1. The van der Waals surface area contributed by atoms with Gasteiger partial charge in [0, 0.05) is 25.3 Å². The van der Waals surface area contributed by atoms with E-state index < -0.39 is 0 Å². The van der Waals surface area contributed by atoms with Crippen LogP contribution in [-0.2, 0) is 6.54 Å². The smallest absolute Gasteiger partial charge is 0.123 e. The first-order chi connectivity index (χ1) is 9.24. The van der Waals surface area contributed by atoms with Crippen LogP contribution in [-0.4, -0.2) is 19.6 Å². The van der Waals surface area contributed by atoms with E-state index in [1.165, 1.54) is 24.9 Å². The summed E-state index contributed by atoms with van der Waals surface area (Å²) in [6, 6.07) is 5.19. The fraction of sp³-hybridized carbons (Fsp3) is 0.625. The van der Waals surface area contributed by atoms with E-state index >= 15 is 0 Å². The Bertz CT molecular complexity index is 398. The third kappa shape index (κ3) is 3.69. The van der Waals surface area contributed by atoms with Crippen LogP contribution >= 0.6 is 0 Å². The van der Waals surface area contributed by atoms with E-state index in [0.717, 1.165) is 37.7 Å². The van der Waals surface area contributed by atoms with Crippen molar-refractivity contribution in [3.05, 3.63) is 29.6 Å². The first-order valence-electron chi connectivity index (χ1n) is 7.48. The molecule has 1 N–H and O–H groups in total. The van der Waals surface area contributed by atoms with Crippen LogP contribution in [0, 0.1) is 11.7 Å². The lowest BCUT2D eigenvalue weighted by atomic mass is 9.93. The van der Waals surface area contributed by atoms with Crippen molar-refractivity contribution in [2.24, 2.45) is 5.92 Å². The monoisotopic (exact) mass is 264 g/mol. The minimum Gasteiger partial charge on any atom is -0.371 e. The molecule has 0 spiro atoms. The molecule has 2 rings (SSSR count). The van der Waals surface area contributed by atoms with Gasteiger partial charge in [0.2, 0.25) is 0 Å². The molecule has 1 aliphatic rings. The van der Waals surface area contributed by atoms with Gasteiger partial charge in [0.15, 0.2) is 0 Å². The van der Waals surface area contributed by atoms with Gasteiger partial charge in [-0.2, -0.15) is 0 Å². The minimum atomic E-state index is -0.139. The molecule has 3 heteroatoms. The average molecular weight is 264 g/mol. The summed E-state index contributed by atoms with van der Waals surface area (Å²) in [5, 5.41) is 3.30. The summed E-state index contributed by atoms with van der Waals surface area (Å²) in [6.07, 6.45) is 3.80. The van der Waals surface area contributed by atoms with Crippen molar-refractivity contribution in [3.63, 3.8) is 0 Å². The molecule has 1 aromatic carbocycles. The van der Waals surface area contributed by atoms with Crippen molar-refractivity contribution in [2.45, 2.75) is 39.7 Å². The quantitative estimate of drug-likeness (QED) is 0.874. The van der Waals surface area contributed by atoms with Crippen molar-refractivity contribution in [1.29, 1.82) is 0 Å². The highest BCUT2D eigenvalue weighted by atomic mass is 19.1. The van der Waals surface area contributed by atoms with Gasteiger partial charge in [0.1, 0.15) is 5.82 Å². The molecule has 0 unspecified atom stereocenters. The fourth-order valence-corrected chi connectivity index (χ4v) is 2.85. The maximum Gasteiger partial charge on any atom is 0.123 e. The maximum absolute atomic E-state index is 13.4. The Balaban J connectivity index is 2.10. The van der Waals surface area contributed by atoms with E-state index in [9.17, 15) is 4.39 Å². The summed E-state index contributed by atoms with van der Waals surface area (Å²) in [6.45, 7) is 8.21. The summed E-state index contributed by atoms with van der Waals surface area (Å²) < 4.78 is 13.4. The Kier molecular flexibility index (Phi) is 5.20. The molecule has 1 aliphatic heterocycles. The van der Waals surface area contributed by atoms with Gasteiger partial charge in [-0.15, -0.1) is 0 Å². The van der Waals surface area contributed by atoms with Gasteiger partial charge in [-0.1, -0.05) is 20.3 Å². The zero-order valence-corrected chi connectivity index (χ0v) is 12.1. The van der Waals surface area contributed by atoms with E-state index in [0.29, 0.717) is 0 Å². The van der Waals surface area contributed by atoms with Crippen molar-refractivity contribution < 1.29 is 4.39 Å². The summed E-state index contributed by atoms with van der Waals surface area (Å²) in [4.78, 5) is 2.41. The normalized spacial score (nSPS) is 16.9. The van der Waals surface area contributed by atoms with Crippen LogP contribution in [0.25, 0.3) is 0 Å². The highest BCUT2D eigenvalue weighted by molar-refractivity contribution is 5.54. The molecular weight excluding hydrogens is 239 g/mol. The zero-order chi connectivity index (χ0) is 13.7. The third-order valence-electron chi connectivity index (χ3n) is 4.14. The molecule has 0 bridgehead atoms. The van der Waals surface area contributed by atoms with Crippen molar-refractivity contribution in [2.75, 3.05) is 24.5 Å². The summed E-state index contributed by atoms with van der Waals surface area (Å²) in [5.41, 5.74) is 2.29. The second kappa shape index (κ2) is 6.90. The molecule has 1 heterocycles. The Morgan fingerprint density at radius 3 is 2.63 bits per heavy atom. The lowest BCUT2D eigenvalue weighted by Crippen LogP contribution is -2.34. The van der Waals surface area contributed by atoms with Crippen LogP contribution in [0.5, 0.6) is 0 Å². The molecule has 0 amide bonds. The van der Waals surface area contributed by atoms with Crippen molar-refractivity contribution in [1.82, 2.24) is 5.32 Å². The molecule has 2 nitrogen and oxygen atoms in total. The minimum absolute atomic E-state index is 0.139. The number of halogens is 1. The Hall–Kier alpha value is -1.09. The van der Waals surface area contributed by atoms with E-state index in [-0.39, 0.29) is 5.82 Å². The predicted molar refractivity (Wildman–Crippen MR) is 79.0 cm³/mol. The SMILES string of the molecule is CCNCc1cc(F)ccc1N1CCC(CC)CC1. The fourth-order valence-electron chi connectivity index (χ4n) is 2.85. The molecule has 0 aromatic heterocycles. The molecule has 19 heavy (non-hydrogen) atoms. The molecule has 0 radical (unpaired) electrons. The first kappa shape index (κ1) is 14.3. The Labute approximate surface area is 116 Å². The third-order valence-corrected chi connectivity index (χ3v) is 4.14. The first-order valence-corrected chi connectivity index (χ1v) is 7.48. The molecule has 0 saturated carbocycles. The van der Waals surface area contributed by atoms with Crippen LogP contribution in [0.15, 0.2) is 18.2 Å². The molecule has 1 fully saturated rings. The average Bonchev–Trinajstić information content (AvgIpc) is 2.45. The number of hydrogen-bond acceptors (Lipinski definition) is 2. The molecule has 0 aliphatic carbocycles. The number of nitrogens with zero attached hydrogens (tertiary/aromatic N) is 1. The molecule has 0 atom stereocenters. The summed E-state index contributed by atoms with van der Waals surface area (Å²) in [5.74, 6) is 0.731. The summed E-state index contributed by atoms with van der Waals surface area (Å²) in [7, 11) is 0. The second-order valence-corrected chi connectivity index (χ2v) is 5.39. The number of rotatable bonds is 5. The predicted octanol–water partition coefficient (Wildman–Crippen LogP) is 3.56. The second-order valence-electron chi connectivity index (χ2n) is 5.39. The van der Waals surface area contributed by atoms with Crippen molar-refractivity contribution >= 4 is 5.69 Å². The van der Waals surface area contributed by atoms with E-state index in [1.807, 2.05) is 6.07 Å². The summed E-state index contributed by atoms with van der Waals surface area (Å²) >= 11 is 0. The van der Waals surface area contributed by atoms with E-state index in [1.54, 1.807) is 12.1 Å². The highest BCUT2D eigenvalue weighted by Gasteiger charge is 2.19. The van der Waals surface area contributed by atoms with E-state index in [2.05, 4.69) is 24.1 Å². The molecular formula is C16H25FN2. The molecule has 106 valence electrons. The lowest BCUT2D eigenvalue weighted by Gasteiger charge is -2.34. The number of anilines is 1. The van der Waals surface area contributed by atoms with Gasteiger partial charge >= 0.3 is 0 Å². The van der Waals surface area contributed by atoms with E-state index in [4.69, 9.17) is 0 Å². The van der Waals surface area contributed by atoms with Gasteiger partial charge in [0.05, 0.1) is 0 Å². The van der Waals surface area contributed by atoms with Crippen LogP contribution in [0.1, 0.15) is 38.7 Å². The topological polar surface area (TPSA) is 15.3 Å².